The molecule has 0 fully saturated rings. The predicted molar refractivity (Wildman–Crippen MR) is 152 cm³/mol. The topological polar surface area (TPSA) is 0 Å². The standard InChI is InChI=1S/C34H34Si.2ClH.Zr/c1-3-5-21-35(22-6-4-2,33-19-11-17-29-27-15-9-7-13-25(27)23-31(29)33)34-20-12-18-30-28-16-10-8-14-26(28)24-32(30)34;;;/h7-20,23-24H,3-6,21-22H2,1-2H3;2*1H;/q;;;+2/p-2. The van der Waals surface area contributed by atoms with Crippen molar-refractivity contribution in [3.63, 3.8) is 0 Å². The maximum Gasteiger partial charge on any atom is -1.00 e. The van der Waals surface area contributed by atoms with Gasteiger partial charge in [0, 0.05) is 0 Å². The third-order valence-corrected chi connectivity index (χ3v) is 19.1. The van der Waals surface area contributed by atoms with E-state index in [0.29, 0.717) is 7.25 Å². The molecular weight excluding hydrogens is 599 g/mol. The molecule has 2 unspecified atom stereocenters. The minimum absolute atomic E-state index is 0. The summed E-state index contributed by atoms with van der Waals surface area (Å²) >= 11 is -0.898. The van der Waals surface area contributed by atoms with Crippen LogP contribution in [0.25, 0.3) is 22.3 Å². The monoisotopic (exact) mass is 630 g/mol. The number of fused-ring (bicyclic) bond motifs is 6. The molecule has 1 aliphatic heterocycles. The second-order valence-corrected chi connectivity index (χ2v) is 18.9. The Morgan fingerprint density at radius 3 is 1.42 bits per heavy atom. The minimum Gasteiger partial charge on any atom is -1.00 e. The maximum absolute atomic E-state index is 2.61. The van der Waals surface area contributed by atoms with Crippen LogP contribution in [0.4, 0.5) is 0 Å². The molecule has 2 atom stereocenters. The van der Waals surface area contributed by atoms with Crippen LogP contribution >= 0.6 is 0 Å². The number of hydrogen-bond acceptors (Lipinski definition) is 0. The van der Waals surface area contributed by atoms with Gasteiger partial charge in [0.05, 0.1) is 0 Å². The first-order valence-corrected chi connectivity index (χ1v) is 19.2. The van der Waals surface area contributed by atoms with E-state index in [-0.39, 0.29) is 24.8 Å². The Morgan fingerprint density at radius 1 is 0.553 bits per heavy atom. The molecule has 0 saturated carbocycles. The molecule has 38 heavy (non-hydrogen) atoms. The summed E-state index contributed by atoms with van der Waals surface area (Å²) in [5, 5.41) is 3.62. The van der Waals surface area contributed by atoms with Crippen molar-refractivity contribution in [2.45, 2.75) is 58.9 Å². The Balaban J connectivity index is 0.00000147. The molecule has 192 valence electrons. The molecule has 0 N–H and O–H groups in total. The third kappa shape index (κ3) is 4.01. The molecule has 0 bridgehead atoms. The fraction of sp³-hybridized carbons (Fsp3) is 0.294. The quantitative estimate of drug-likeness (QED) is 0.286. The molecule has 0 saturated heterocycles. The molecular formula is C34H34Cl2SiZr. The van der Waals surface area contributed by atoms with Crippen LogP contribution in [0.5, 0.6) is 0 Å². The number of hydrogen-bond donors (Lipinski definition) is 0. The average molecular weight is 633 g/mol. The smallest absolute Gasteiger partial charge is 1.00 e. The van der Waals surface area contributed by atoms with Crippen molar-refractivity contribution < 1.29 is 48.0 Å². The van der Waals surface area contributed by atoms with Gasteiger partial charge in [-0.05, 0) is 0 Å². The molecule has 1 heterocycles. The molecule has 4 aromatic carbocycles. The Morgan fingerprint density at radius 2 is 0.974 bits per heavy atom. The summed E-state index contributed by atoms with van der Waals surface area (Å²) in [6.07, 6.45) is 5.26. The summed E-state index contributed by atoms with van der Waals surface area (Å²) < 4.78 is 1.34. The van der Waals surface area contributed by atoms with E-state index in [2.05, 4.69) is 98.8 Å². The molecule has 0 nitrogen and oxygen atoms in total. The first-order valence-electron chi connectivity index (χ1n) is 14.0. The van der Waals surface area contributed by atoms with Crippen LogP contribution < -0.4 is 35.2 Å². The molecule has 4 heteroatoms. The van der Waals surface area contributed by atoms with Crippen molar-refractivity contribution in [3.05, 3.63) is 107 Å². The first kappa shape index (κ1) is 28.1. The van der Waals surface area contributed by atoms with Gasteiger partial charge in [-0.1, -0.05) is 0 Å². The first-order chi connectivity index (χ1) is 17.8. The van der Waals surface area contributed by atoms with Crippen molar-refractivity contribution in [2.75, 3.05) is 0 Å². The van der Waals surface area contributed by atoms with E-state index in [4.69, 9.17) is 0 Å². The summed E-state index contributed by atoms with van der Waals surface area (Å²) in [7, 11) is -1.97. The van der Waals surface area contributed by atoms with E-state index in [0.717, 1.165) is 0 Å². The van der Waals surface area contributed by atoms with Gasteiger partial charge in [0.2, 0.25) is 0 Å². The SMILES string of the molecule is CCCC[Si]1(CCCC)c2cccc3c2[CH]([Zr+2][CH]2c4ccccc4-c4cccc1c42)c1ccccc1-3.[Cl-].[Cl-]. The molecule has 3 aliphatic rings. The molecule has 0 radical (unpaired) electrons. The zero-order valence-corrected chi connectivity index (χ0v) is 27.2. The van der Waals surface area contributed by atoms with Crippen LogP contribution in [0.2, 0.25) is 12.1 Å². The van der Waals surface area contributed by atoms with Crippen molar-refractivity contribution in [2.24, 2.45) is 0 Å². The fourth-order valence-corrected chi connectivity index (χ4v) is 19.6. The largest absolute Gasteiger partial charge is 1.00 e. The van der Waals surface area contributed by atoms with Crippen LogP contribution in [0.3, 0.4) is 0 Å². The van der Waals surface area contributed by atoms with Gasteiger partial charge >= 0.3 is 230 Å². The molecule has 7 rings (SSSR count). The molecule has 4 aromatic rings. The number of unbranched alkanes of at least 4 members (excludes halogenated alkanes) is 2. The summed E-state index contributed by atoms with van der Waals surface area (Å²) in [4.78, 5) is 0. The van der Waals surface area contributed by atoms with Gasteiger partial charge in [0.25, 0.3) is 0 Å². The van der Waals surface area contributed by atoms with E-state index in [1.54, 1.807) is 33.4 Å². The van der Waals surface area contributed by atoms with E-state index < -0.39 is 31.3 Å². The Bertz CT molecular complexity index is 1370. The maximum atomic E-state index is 2.61. The van der Waals surface area contributed by atoms with E-state index in [1.165, 1.54) is 48.9 Å². The average Bonchev–Trinajstić information content (AvgIpc) is 3.42. The molecule has 0 aromatic heterocycles. The normalized spacial score (nSPS) is 18.2. The Hall–Kier alpha value is -1.44. The second kappa shape index (κ2) is 11.2. The van der Waals surface area contributed by atoms with Crippen LogP contribution in [-0.4, -0.2) is 8.07 Å². The van der Waals surface area contributed by atoms with Crippen LogP contribution in [0.1, 0.15) is 69.0 Å². The summed E-state index contributed by atoms with van der Waals surface area (Å²) in [5.74, 6) is 0. The summed E-state index contributed by atoms with van der Waals surface area (Å²) in [6.45, 7) is 4.78. The summed E-state index contributed by atoms with van der Waals surface area (Å²) in [6, 6.07) is 36.6. The molecule has 0 spiro atoms. The second-order valence-electron chi connectivity index (χ2n) is 11.0. The van der Waals surface area contributed by atoms with Gasteiger partial charge in [0.1, 0.15) is 0 Å². The number of benzene rings is 4. The zero-order valence-electron chi connectivity index (χ0n) is 22.2. The minimum atomic E-state index is -1.97. The Kier molecular flexibility index (Phi) is 8.29. The van der Waals surface area contributed by atoms with Gasteiger partial charge in [-0.3, -0.25) is 0 Å². The van der Waals surface area contributed by atoms with E-state index >= 15 is 0 Å². The van der Waals surface area contributed by atoms with E-state index in [9.17, 15) is 0 Å². The molecule has 0 amide bonds. The number of halogens is 2. The van der Waals surface area contributed by atoms with E-state index in [1.807, 2.05) is 10.4 Å². The van der Waals surface area contributed by atoms with Crippen molar-refractivity contribution in [3.8, 4) is 22.3 Å². The predicted octanol–water partition coefficient (Wildman–Crippen LogP) is 2.09. The zero-order chi connectivity index (χ0) is 24.3. The fourth-order valence-electron chi connectivity index (χ4n) is 7.63. The number of rotatable bonds is 6. The van der Waals surface area contributed by atoms with Crippen molar-refractivity contribution >= 4 is 18.4 Å². The van der Waals surface area contributed by atoms with Gasteiger partial charge in [-0.2, -0.15) is 0 Å². The third-order valence-electron chi connectivity index (χ3n) is 9.19. The van der Waals surface area contributed by atoms with Gasteiger partial charge < -0.3 is 24.8 Å². The van der Waals surface area contributed by atoms with Crippen molar-refractivity contribution in [1.29, 1.82) is 0 Å². The van der Waals surface area contributed by atoms with Crippen LogP contribution in [-0.2, 0) is 23.2 Å². The molecule has 2 aliphatic carbocycles. The van der Waals surface area contributed by atoms with Gasteiger partial charge in [0.15, 0.2) is 0 Å². The van der Waals surface area contributed by atoms with Gasteiger partial charge in [-0.25, -0.2) is 0 Å². The van der Waals surface area contributed by atoms with Crippen LogP contribution in [0.15, 0.2) is 84.9 Å². The Labute approximate surface area is 253 Å². The van der Waals surface area contributed by atoms with Crippen LogP contribution in [0, 0.1) is 0 Å². The summed E-state index contributed by atoms with van der Waals surface area (Å²) in [5.41, 5.74) is 13.1. The van der Waals surface area contributed by atoms with Crippen molar-refractivity contribution in [1.82, 2.24) is 0 Å². The van der Waals surface area contributed by atoms with Gasteiger partial charge in [-0.15, -0.1) is 0 Å².